The Kier molecular flexibility index (Phi) is 3.50. The number of carbonyl (C=O) groups excluding carboxylic acids is 1. The maximum Gasteiger partial charge on any atom is 0.352 e. The van der Waals surface area contributed by atoms with Gasteiger partial charge in [-0.1, -0.05) is 36.4 Å². The molecule has 0 spiro atoms. The molecule has 3 atom stereocenters. The van der Waals surface area contributed by atoms with Crippen molar-refractivity contribution < 1.29 is 21.2 Å². The fourth-order valence-corrected chi connectivity index (χ4v) is 3.46. The molecule has 0 aliphatic carbocycles. The van der Waals surface area contributed by atoms with Crippen LogP contribution in [-0.2, 0) is 9.59 Å². The van der Waals surface area contributed by atoms with Gasteiger partial charge in [0, 0.05) is 1.37 Å². The van der Waals surface area contributed by atoms with Crippen LogP contribution in [-0.4, -0.2) is 39.1 Å². The number of aliphatic hydroxyl groups excluding tert-OH is 1. The summed E-state index contributed by atoms with van der Waals surface area (Å²) in [5.41, 5.74) is 2.35. The first-order chi connectivity index (χ1) is 11.5. The number of carboxylic acid groups (broad SMARTS) is 1. The standard InChI is InChI=1S/C18H19NO4/c1-3-4-11-5-7-12(8-6-11)13-9-14-15(10(2)20)17(21)19(14)16(13)18(22)23/h3-8,10,14-15,20H,9H2,1-2H3,(H,22,23)/b4-3+/t10-,14-,15-/m1/s1/i1D. The lowest BCUT2D eigenvalue weighted by Crippen LogP contribution is -2.61. The first kappa shape index (κ1) is 14.2. The lowest BCUT2D eigenvalue weighted by atomic mass is 9.82. The lowest BCUT2D eigenvalue weighted by molar-refractivity contribution is -0.161. The number of amides is 1. The lowest BCUT2D eigenvalue weighted by Gasteiger charge is -2.44. The number of allylic oxidation sites excluding steroid dienone is 1. The predicted molar refractivity (Wildman–Crippen MR) is 86.1 cm³/mol. The van der Waals surface area contributed by atoms with Crippen LogP contribution in [0, 0.1) is 5.92 Å². The van der Waals surface area contributed by atoms with Gasteiger partial charge in [-0.05, 0) is 36.9 Å². The van der Waals surface area contributed by atoms with Crippen LogP contribution in [0.4, 0.5) is 0 Å². The number of fused-ring (bicyclic) bond motifs is 1. The van der Waals surface area contributed by atoms with Crippen molar-refractivity contribution in [2.45, 2.75) is 32.4 Å². The van der Waals surface area contributed by atoms with Crippen molar-refractivity contribution in [3.63, 3.8) is 0 Å². The number of carbonyl (C=O) groups is 2. The SMILES string of the molecule is [2H]C/C=C/c1ccc(C2=C(C(=O)O)N3C(=O)[C@H]([C@@H](C)O)[C@H]3C2)cc1. The zero-order valence-corrected chi connectivity index (χ0v) is 12.8. The third-order valence-corrected chi connectivity index (χ3v) is 4.50. The molecule has 5 heteroatoms. The second-order valence-electron chi connectivity index (χ2n) is 5.90. The molecule has 2 aliphatic rings. The summed E-state index contributed by atoms with van der Waals surface area (Å²) in [7, 11) is 0. The van der Waals surface area contributed by atoms with Gasteiger partial charge in [0.2, 0.25) is 5.91 Å². The van der Waals surface area contributed by atoms with E-state index in [2.05, 4.69) is 0 Å². The van der Waals surface area contributed by atoms with Crippen LogP contribution in [0.5, 0.6) is 0 Å². The molecule has 0 bridgehead atoms. The Labute approximate surface area is 135 Å². The Balaban J connectivity index is 1.94. The van der Waals surface area contributed by atoms with Crippen LogP contribution in [0.2, 0.25) is 0 Å². The molecule has 1 saturated heterocycles. The van der Waals surface area contributed by atoms with Crippen LogP contribution in [0.3, 0.4) is 0 Å². The highest BCUT2D eigenvalue weighted by molar-refractivity contribution is 6.06. The van der Waals surface area contributed by atoms with E-state index < -0.39 is 18.0 Å². The summed E-state index contributed by atoms with van der Waals surface area (Å²) < 4.78 is 7.11. The van der Waals surface area contributed by atoms with Gasteiger partial charge in [0.15, 0.2) is 0 Å². The molecule has 3 rings (SSSR count). The molecule has 2 aliphatic heterocycles. The van der Waals surface area contributed by atoms with Gasteiger partial charge in [0.1, 0.15) is 5.70 Å². The number of aliphatic carboxylic acids is 1. The largest absolute Gasteiger partial charge is 0.477 e. The molecule has 23 heavy (non-hydrogen) atoms. The number of hydrogen-bond donors (Lipinski definition) is 2. The number of β-lactam (4-membered cyclic amide) rings is 1. The van der Waals surface area contributed by atoms with E-state index >= 15 is 0 Å². The van der Waals surface area contributed by atoms with E-state index in [4.69, 9.17) is 1.37 Å². The van der Waals surface area contributed by atoms with Gasteiger partial charge >= 0.3 is 5.97 Å². The smallest absolute Gasteiger partial charge is 0.352 e. The molecule has 2 N–H and O–H groups in total. The molecule has 0 unspecified atom stereocenters. The second-order valence-corrected chi connectivity index (χ2v) is 5.90. The molecule has 0 aromatic heterocycles. The zero-order valence-electron chi connectivity index (χ0n) is 13.8. The minimum Gasteiger partial charge on any atom is -0.477 e. The van der Waals surface area contributed by atoms with Gasteiger partial charge in [-0.15, -0.1) is 0 Å². The van der Waals surface area contributed by atoms with Crippen molar-refractivity contribution in [2.24, 2.45) is 5.92 Å². The average Bonchev–Trinajstić information content (AvgIpc) is 2.88. The molecular formula is C18H19NO4. The molecule has 2 heterocycles. The maximum atomic E-state index is 12.2. The van der Waals surface area contributed by atoms with E-state index in [-0.39, 0.29) is 24.5 Å². The van der Waals surface area contributed by atoms with Crippen LogP contribution < -0.4 is 0 Å². The third-order valence-electron chi connectivity index (χ3n) is 4.50. The van der Waals surface area contributed by atoms with Crippen molar-refractivity contribution in [2.75, 3.05) is 0 Å². The zero-order chi connectivity index (χ0) is 17.4. The summed E-state index contributed by atoms with van der Waals surface area (Å²) in [6.45, 7) is 1.77. The summed E-state index contributed by atoms with van der Waals surface area (Å²) in [5.74, 6) is -1.98. The van der Waals surface area contributed by atoms with Crippen molar-refractivity contribution in [3.05, 3.63) is 47.2 Å². The summed E-state index contributed by atoms with van der Waals surface area (Å²) >= 11 is 0. The van der Waals surface area contributed by atoms with Gasteiger partial charge in [-0.2, -0.15) is 0 Å². The number of nitrogens with zero attached hydrogens (tertiary/aromatic N) is 1. The van der Waals surface area contributed by atoms with Crippen LogP contribution in [0.1, 0.15) is 32.7 Å². The van der Waals surface area contributed by atoms with E-state index in [9.17, 15) is 19.8 Å². The number of rotatable bonds is 4. The van der Waals surface area contributed by atoms with E-state index in [1.165, 1.54) is 4.90 Å². The predicted octanol–water partition coefficient (Wildman–Crippen LogP) is 2.13. The molecule has 5 nitrogen and oxygen atoms in total. The number of hydrogen-bond acceptors (Lipinski definition) is 3. The Hall–Kier alpha value is -2.40. The van der Waals surface area contributed by atoms with Gasteiger partial charge in [0.25, 0.3) is 0 Å². The Bertz CT molecular complexity index is 736. The highest BCUT2D eigenvalue weighted by Crippen LogP contribution is 2.46. The van der Waals surface area contributed by atoms with Crippen molar-refractivity contribution in [1.29, 1.82) is 0 Å². The molecule has 0 saturated carbocycles. The minimum atomic E-state index is -1.12. The van der Waals surface area contributed by atoms with Crippen molar-refractivity contribution in [1.82, 2.24) is 4.90 Å². The monoisotopic (exact) mass is 314 g/mol. The highest BCUT2D eigenvalue weighted by atomic mass is 16.4. The molecule has 0 radical (unpaired) electrons. The van der Waals surface area contributed by atoms with Gasteiger partial charge < -0.3 is 15.1 Å². The van der Waals surface area contributed by atoms with Gasteiger partial charge in [-0.3, -0.25) is 4.79 Å². The van der Waals surface area contributed by atoms with Crippen molar-refractivity contribution in [3.8, 4) is 0 Å². The summed E-state index contributed by atoms with van der Waals surface area (Å²) in [4.78, 5) is 25.2. The highest BCUT2D eigenvalue weighted by Gasteiger charge is 2.56. The number of aliphatic hydroxyl groups is 1. The normalized spacial score (nSPS) is 25.4. The summed E-state index contributed by atoms with van der Waals surface area (Å²) in [5, 5.41) is 19.3. The van der Waals surface area contributed by atoms with E-state index in [0.29, 0.717) is 12.0 Å². The van der Waals surface area contributed by atoms with E-state index in [0.717, 1.165) is 11.1 Å². The molecule has 1 aromatic rings. The fourth-order valence-electron chi connectivity index (χ4n) is 3.46. The second kappa shape index (κ2) is 5.66. The average molecular weight is 314 g/mol. The number of carboxylic acids is 1. The maximum absolute atomic E-state index is 12.2. The van der Waals surface area contributed by atoms with Gasteiger partial charge in [0.05, 0.1) is 18.1 Å². The Morgan fingerprint density at radius 2 is 2.13 bits per heavy atom. The van der Waals surface area contributed by atoms with E-state index in [1.54, 1.807) is 13.0 Å². The summed E-state index contributed by atoms with van der Waals surface area (Å²) in [6.07, 6.45) is 3.21. The van der Waals surface area contributed by atoms with E-state index in [1.807, 2.05) is 30.3 Å². The number of benzene rings is 1. The first-order valence-corrected chi connectivity index (χ1v) is 7.49. The quantitative estimate of drug-likeness (QED) is 0.835. The molecule has 1 fully saturated rings. The molecular weight excluding hydrogens is 294 g/mol. The molecule has 1 aromatic carbocycles. The van der Waals surface area contributed by atoms with Gasteiger partial charge in [-0.25, -0.2) is 4.79 Å². The Morgan fingerprint density at radius 3 is 2.70 bits per heavy atom. The third kappa shape index (κ3) is 2.37. The topological polar surface area (TPSA) is 77.8 Å². The van der Waals surface area contributed by atoms with Crippen LogP contribution >= 0.6 is 0 Å². The molecule has 120 valence electrons. The first-order valence-electron chi connectivity index (χ1n) is 8.20. The Morgan fingerprint density at radius 1 is 1.43 bits per heavy atom. The minimum absolute atomic E-state index is 0.0244. The van der Waals surface area contributed by atoms with Crippen molar-refractivity contribution >= 4 is 23.5 Å². The summed E-state index contributed by atoms with van der Waals surface area (Å²) in [6, 6.07) is 7.10. The van der Waals surface area contributed by atoms with Crippen LogP contribution in [0.15, 0.2) is 36.0 Å². The van der Waals surface area contributed by atoms with Crippen LogP contribution in [0.25, 0.3) is 11.6 Å². The fraction of sp³-hybridized carbons (Fsp3) is 0.333. The molecule has 1 amide bonds.